The van der Waals surface area contributed by atoms with E-state index in [2.05, 4.69) is 14.5 Å². The van der Waals surface area contributed by atoms with Crippen molar-refractivity contribution < 1.29 is 0 Å². The van der Waals surface area contributed by atoms with Crippen LogP contribution in [0.2, 0.25) is 0 Å². The maximum atomic E-state index is 6.07. The van der Waals surface area contributed by atoms with Gasteiger partial charge in [0.05, 0.1) is 5.88 Å². The van der Waals surface area contributed by atoms with Gasteiger partial charge in [-0.15, -0.1) is 11.6 Å². The van der Waals surface area contributed by atoms with Crippen LogP contribution in [0.3, 0.4) is 0 Å². The molecule has 0 aliphatic heterocycles. The number of aromatic nitrogens is 3. The normalized spacial score (nSPS) is 19.5. The van der Waals surface area contributed by atoms with Crippen molar-refractivity contribution in [2.45, 2.75) is 38.1 Å². The molecule has 19 heavy (non-hydrogen) atoms. The first-order chi connectivity index (χ1) is 9.36. The molecule has 2 saturated carbocycles. The van der Waals surface area contributed by atoms with Gasteiger partial charge in [0.1, 0.15) is 11.3 Å². The van der Waals surface area contributed by atoms with Crippen molar-refractivity contribution in [3.8, 4) is 0 Å². The van der Waals surface area contributed by atoms with E-state index in [9.17, 15) is 0 Å². The molecule has 0 bridgehead atoms. The highest BCUT2D eigenvalue weighted by molar-refractivity contribution is 6.16. The highest BCUT2D eigenvalue weighted by Crippen LogP contribution is 2.50. The lowest BCUT2D eigenvalue weighted by Crippen LogP contribution is -2.16. The maximum Gasteiger partial charge on any atom is 0.160 e. The van der Waals surface area contributed by atoms with E-state index in [1.165, 1.54) is 25.7 Å². The van der Waals surface area contributed by atoms with Crippen molar-refractivity contribution in [2.24, 2.45) is 17.8 Å². The van der Waals surface area contributed by atoms with Gasteiger partial charge in [0, 0.05) is 12.7 Å². The Morgan fingerprint density at radius 1 is 1.26 bits per heavy atom. The number of rotatable bonds is 5. The molecule has 0 amide bonds. The summed E-state index contributed by atoms with van der Waals surface area (Å²) in [6, 6.07) is 3.97. The molecule has 2 heterocycles. The Kier molecular flexibility index (Phi) is 2.76. The van der Waals surface area contributed by atoms with Crippen LogP contribution in [0.25, 0.3) is 11.2 Å². The van der Waals surface area contributed by atoms with Crippen LogP contribution in [0.4, 0.5) is 0 Å². The Morgan fingerprint density at radius 3 is 2.63 bits per heavy atom. The van der Waals surface area contributed by atoms with E-state index in [1.807, 2.05) is 18.3 Å². The number of pyridine rings is 1. The number of fused-ring (bicyclic) bond motifs is 1. The van der Waals surface area contributed by atoms with E-state index < -0.39 is 0 Å². The molecule has 4 rings (SSSR count). The zero-order chi connectivity index (χ0) is 12.8. The Hall–Kier alpha value is -1.09. The van der Waals surface area contributed by atoms with Crippen LogP contribution in [0.5, 0.6) is 0 Å². The van der Waals surface area contributed by atoms with E-state index in [-0.39, 0.29) is 0 Å². The molecule has 4 heteroatoms. The lowest BCUT2D eigenvalue weighted by atomic mass is 9.98. The largest absolute Gasteiger partial charge is 0.311 e. The third-order valence-electron chi connectivity index (χ3n) is 4.55. The third-order valence-corrected chi connectivity index (χ3v) is 4.79. The van der Waals surface area contributed by atoms with Gasteiger partial charge in [-0.1, -0.05) is 0 Å². The predicted octanol–water partition coefficient (Wildman–Crippen LogP) is 3.61. The van der Waals surface area contributed by atoms with E-state index in [0.29, 0.717) is 5.88 Å². The molecule has 0 spiro atoms. The summed E-state index contributed by atoms with van der Waals surface area (Å²) in [5, 5.41) is 0. The quantitative estimate of drug-likeness (QED) is 0.781. The van der Waals surface area contributed by atoms with Crippen molar-refractivity contribution in [2.75, 3.05) is 0 Å². The third kappa shape index (κ3) is 2.14. The number of hydrogen-bond acceptors (Lipinski definition) is 2. The number of alkyl halides is 1. The minimum absolute atomic E-state index is 0.471. The van der Waals surface area contributed by atoms with Gasteiger partial charge in [0.2, 0.25) is 0 Å². The van der Waals surface area contributed by atoms with Gasteiger partial charge in [-0.2, -0.15) is 0 Å². The van der Waals surface area contributed by atoms with Crippen LogP contribution in [0.15, 0.2) is 18.3 Å². The molecule has 2 aromatic heterocycles. The smallest absolute Gasteiger partial charge is 0.160 e. The lowest BCUT2D eigenvalue weighted by Gasteiger charge is -2.17. The number of nitrogens with zero attached hydrogens (tertiary/aromatic N) is 3. The van der Waals surface area contributed by atoms with Gasteiger partial charge in [-0.05, 0) is 55.6 Å². The van der Waals surface area contributed by atoms with Crippen LogP contribution in [0, 0.1) is 17.8 Å². The van der Waals surface area contributed by atoms with Gasteiger partial charge in [0.25, 0.3) is 0 Å². The van der Waals surface area contributed by atoms with Crippen LogP contribution in [-0.4, -0.2) is 14.5 Å². The Labute approximate surface area is 118 Å². The summed E-state index contributed by atoms with van der Waals surface area (Å²) in [5.41, 5.74) is 1.98. The second-order valence-electron chi connectivity index (χ2n) is 5.96. The summed E-state index contributed by atoms with van der Waals surface area (Å²) in [7, 11) is 0. The molecule has 0 atom stereocenters. The minimum atomic E-state index is 0.471. The zero-order valence-electron chi connectivity index (χ0n) is 10.9. The highest BCUT2D eigenvalue weighted by Gasteiger charge is 2.41. The second-order valence-corrected chi connectivity index (χ2v) is 6.22. The van der Waals surface area contributed by atoms with E-state index >= 15 is 0 Å². The fourth-order valence-electron chi connectivity index (χ4n) is 3.24. The average molecular weight is 276 g/mol. The average Bonchev–Trinajstić information content (AvgIpc) is 3.33. The van der Waals surface area contributed by atoms with E-state index in [0.717, 1.165) is 41.3 Å². The molecule has 0 saturated heterocycles. The monoisotopic (exact) mass is 275 g/mol. The SMILES string of the molecule is ClCc1nc2cccnc2n1CC(C1CC1)C1CC1. The van der Waals surface area contributed by atoms with Crippen molar-refractivity contribution in [1.82, 2.24) is 14.5 Å². The van der Waals surface area contributed by atoms with Gasteiger partial charge in [-0.3, -0.25) is 0 Å². The molecule has 0 N–H and O–H groups in total. The molecule has 2 aliphatic rings. The predicted molar refractivity (Wildman–Crippen MR) is 76.0 cm³/mol. The molecule has 0 aromatic carbocycles. The van der Waals surface area contributed by atoms with Crippen molar-refractivity contribution in [1.29, 1.82) is 0 Å². The Morgan fingerprint density at radius 2 is 2.00 bits per heavy atom. The molecule has 0 unspecified atom stereocenters. The van der Waals surface area contributed by atoms with Crippen LogP contribution in [0.1, 0.15) is 31.5 Å². The van der Waals surface area contributed by atoms with Crippen LogP contribution >= 0.6 is 11.6 Å². The number of halogens is 1. The maximum absolute atomic E-state index is 6.07. The van der Waals surface area contributed by atoms with Gasteiger partial charge in [0.15, 0.2) is 5.65 Å². The molecule has 3 nitrogen and oxygen atoms in total. The fourth-order valence-corrected chi connectivity index (χ4v) is 3.45. The van der Waals surface area contributed by atoms with E-state index in [1.54, 1.807) is 0 Å². The standard InChI is InChI=1S/C15H18ClN3/c16-8-14-18-13-2-1-7-17-15(13)19(14)9-12(10-3-4-10)11-5-6-11/h1-2,7,10-12H,3-6,8-9H2. The van der Waals surface area contributed by atoms with E-state index in [4.69, 9.17) is 11.6 Å². The summed E-state index contributed by atoms with van der Waals surface area (Å²) in [6.45, 7) is 1.06. The van der Waals surface area contributed by atoms with Gasteiger partial charge >= 0.3 is 0 Å². The fraction of sp³-hybridized carbons (Fsp3) is 0.600. The molecule has 2 aliphatic carbocycles. The molecule has 100 valence electrons. The zero-order valence-corrected chi connectivity index (χ0v) is 11.7. The highest BCUT2D eigenvalue weighted by atomic mass is 35.5. The molecular formula is C15H18ClN3. The van der Waals surface area contributed by atoms with Crippen molar-refractivity contribution in [3.05, 3.63) is 24.2 Å². The number of hydrogen-bond donors (Lipinski definition) is 0. The van der Waals surface area contributed by atoms with Crippen molar-refractivity contribution in [3.63, 3.8) is 0 Å². The molecule has 2 aromatic rings. The summed E-state index contributed by atoms with van der Waals surface area (Å²) in [4.78, 5) is 9.12. The summed E-state index contributed by atoms with van der Waals surface area (Å²) < 4.78 is 2.27. The minimum Gasteiger partial charge on any atom is -0.311 e. The van der Waals surface area contributed by atoms with Crippen LogP contribution < -0.4 is 0 Å². The first kappa shape index (κ1) is 11.7. The molecule has 0 radical (unpaired) electrons. The number of imidazole rings is 1. The molecule has 2 fully saturated rings. The van der Waals surface area contributed by atoms with Gasteiger partial charge in [-0.25, -0.2) is 9.97 Å². The summed E-state index contributed by atoms with van der Waals surface area (Å²) in [5.74, 6) is 4.15. The molecular weight excluding hydrogens is 258 g/mol. The second kappa shape index (κ2) is 4.48. The van der Waals surface area contributed by atoms with Gasteiger partial charge < -0.3 is 4.57 Å². The Balaban J connectivity index is 1.72. The first-order valence-electron chi connectivity index (χ1n) is 7.23. The lowest BCUT2D eigenvalue weighted by molar-refractivity contribution is 0.349. The summed E-state index contributed by atoms with van der Waals surface area (Å²) >= 11 is 6.07. The topological polar surface area (TPSA) is 30.7 Å². The summed E-state index contributed by atoms with van der Waals surface area (Å²) in [6.07, 6.45) is 7.51. The van der Waals surface area contributed by atoms with Crippen molar-refractivity contribution >= 4 is 22.8 Å². The van der Waals surface area contributed by atoms with Crippen LogP contribution in [-0.2, 0) is 12.4 Å². The first-order valence-corrected chi connectivity index (χ1v) is 7.76. The Bertz CT molecular complexity index is 586.